The maximum Gasteiger partial charge on any atom is 0.262 e. The molecule has 1 fully saturated rings. The first-order valence-electron chi connectivity index (χ1n) is 8.70. The number of nitrogens with one attached hydrogen (secondary N) is 1. The topological polar surface area (TPSA) is 83.5 Å². The van der Waals surface area contributed by atoms with Crippen LogP contribution >= 0.6 is 11.6 Å². The number of hydrogen-bond acceptors (Lipinski definition) is 4. The zero-order chi connectivity index (χ0) is 20.5. The van der Waals surface area contributed by atoms with Gasteiger partial charge in [0.2, 0.25) is 10.0 Å². The van der Waals surface area contributed by atoms with E-state index in [2.05, 4.69) is 4.72 Å². The molecule has 0 amide bonds. The lowest BCUT2D eigenvalue weighted by atomic mass is 10.2. The fraction of sp³-hybridized carbons (Fsp3) is 0.333. The minimum atomic E-state index is -4.03. The quantitative estimate of drug-likeness (QED) is 0.757. The summed E-state index contributed by atoms with van der Waals surface area (Å²) in [6.45, 7) is 2.29. The summed E-state index contributed by atoms with van der Waals surface area (Å²) in [6, 6.07) is 7.26. The largest absolute Gasteiger partial charge is 0.280 e. The third-order valence-electron chi connectivity index (χ3n) is 4.54. The van der Waals surface area contributed by atoms with E-state index in [1.807, 2.05) is 0 Å². The molecular weight excluding hydrogens is 427 g/mol. The number of rotatable bonds is 5. The number of anilines is 1. The number of sulfonamides is 2. The van der Waals surface area contributed by atoms with Crippen LogP contribution in [0.3, 0.4) is 0 Å². The molecule has 0 bridgehead atoms. The van der Waals surface area contributed by atoms with Gasteiger partial charge >= 0.3 is 0 Å². The van der Waals surface area contributed by atoms with Crippen LogP contribution in [0.2, 0.25) is 5.02 Å². The third kappa shape index (κ3) is 4.32. The van der Waals surface area contributed by atoms with Crippen molar-refractivity contribution in [2.45, 2.75) is 36.0 Å². The first-order chi connectivity index (χ1) is 13.1. The second-order valence-electron chi connectivity index (χ2n) is 6.63. The second kappa shape index (κ2) is 7.98. The van der Waals surface area contributed by atoms with Gasteiger partial charge in [-0.3, -0.25) is 4.72 Å². The van der Waals surface area contributed by atoms with Crippen molar-refractivity contribution in [3.63, 3.8) is 0 Å². The molecule has 1 heterocycles. The van der Waals surface area contributed by atoms with Crippen LogP contribution in [-0.4, -0.2) is 34.2 Å². The Balaban J connectivity index is 1.95. The Labute approximate surface area is 169 Å². The molecule has 1 aliphatic rings. The van der Waals surface area contributed by atoms with E-state index in [1.165, 1.54) is 29.4 Å². The van der Waals surface area contributed by atoms with E-state index in [-0.39, 0.29) is 26.1 Å². The van der Waals surface area contributed by atoms with Gasteiger partial charge in [-0.2, -0.15) is 4.31 Å². The molecule has 3 rings (SSSR count). The van der Waals surface area contributed by atoms with Crippen LogP contribution < -0.4 is 4.72 Å². The Morgan fingerprint density at radius 1 is 0.964 bits per heavy atom. The number of piperidine rings is 1. The average Bonchev–Trinajstić information content (AvgIpc) is 2.63. The van der Waals surface area contributed by atoms with Crippen LogP contribution in [0, 0.1) is 12.7 Å². The van der Waals surface area contributed by atoms with Gasteiger partial charge in [0.15, 0.2) is 0 Å². The summed E-state index contributed by atoms with van der Waals surface area (Å²) in [5.41, 5.74) is 0.298. The summed E-state index contributed by atoms with van der Waals surface area (Å²) in [4.78, 5) is -0.239. The van der Waals surface area contributed by atoms with Crippen molar-refractivity contribution < 1.29 is 21.2 Å². The van der Waals surface area contributed by atoms with Gasteiger partial charge in [-0.1, -0.05) is 18.0 Å². The first-order valence-corrected chi connectivity index (χ1v) is 12.0. The van der Waals surface area contributed by atoms with E-state index in [0.29, 0.717) is 13.1 Å². The van der Waals surface area contributed by atoms with Gasteiger partial charge in [0.05, 0.1) is 15.6 Å². The fourth-order valence-corrected chi connectivity index (χ4v) is 6.43. The molecule has 1 aliphatic heterocycles. The summed E-state index contributed by atoms with van der Waals surface area (Å²) in [5.74, 6) is -0.544. The predicted molar refractivity (Wildman–Crippen MR) is 106 cm³/mol. The summed E-state index contributed by atoms with van der Waals surface area (Å²) < 4.78 is 68.1. The van der Waals surface area contributed by atoms with Crippen LogP contribution in [0.4, 0.5) is 10.1 Å². The zero-order valence-corrected chi connectivity index (χ0v) is 17.5. The van der Waals surface area contributed by atoms with Crippen molar-refractivity contribution in [3.05, 3.63) is 52.8 Å². The lowest BCUT2D eigenvalue weighted by molar-refractivity contribution is 0.346. The molecule has 0 atom stereocenters. The maximum atomic E-state index is 13.3. The Morgan fingerprint density at radius 2 is 1.64 bits per heavy atom. The van der Waals surface area contributed by atoms with E-state index in [4.69, 9.17) is 11.6 Å². The van der Waals surface area contributed by atoms with Crippen molar-refractivity contribution in [3.8, 4) is 0 Å². The van der Waals surface area contributed by atoms with Crippen LogP contribution in [0.1, 0.15) is 24.8 Å². The molecule has 1 N–H and O–H groups in total. The van der Waals surface area contributed by atoms with E-state index in [9.17, 15) is 21.2 Å². The molecule has 0 unspecified atom stereocenters. The minimum Gasteiger partial charge on any atom is -0.280 e. The van der Waals surface area contributed by atoms with Gasteiger partial charge in [-0.05, 0) is 61.7 Å². The maximum absolute atomic E-state index is 13.3. The Hall–Kier alpha value is -1.68. The smallest absolute Gasteiger partial charge is 0.262 e. The molecular formula is C18H20ClFN2O4S2. The molecule has 0 aliphatic carbocycles. The van der Waals surface area contributed by atoms with Gasteiger partial charge < -0.3 is 0 Å². The summed E-state index contributed by atoms with van der Waals surface area (Å²) in [6.07, 6.45) is 2.51. The van der Waals surface area contributed by atoms with E-state index in [1.54, 1.807) is 0 Å². The molecule has 1 saturated heterocycles. The van der Waals surface area contributed by atoms with Crippen molar-refractivity contribution in [2.75, 3.05) is 17.8 Å². The highest BCUT2D eigenvalue weighted by molar-refractivity contribution is 7.92. The molecule has 152 valence electrons. The molecule has 2 aromatic rings. The monoisotopic (exact) mass is 446 g/mol. The second-order valence-corrected chi connectivity index (χ2v) is 10.6. The fourth-order valence-electron chi connectivity index (χ4n) is 3.13. The van der Waals surface area contributed by atoms with Crippen LogP contribution in [-0.2, 0) is 20.0 Å². The summed E-state index contributed by atoms with van der Waals surface area (Å²) in [5, 5.41) is 0.0199. The normalized spacial score (nSPS) is 16.1. The third-order valence-corrected chi connectivity index (χ3v) is 8.46. The first kappa shape index (κ1) is 21.0. The van der Waals surface area contributed by atoms with Crippen LogP contribution in [0.15, 0.2) is 46.2 Å². The van der Waals surface area contributed by atoms with Gasteiger partial charge in [-0.15, -0.1) is 0 Å². The lowest BCUT2D eigenvalue weighted by Crippen LogP contribution is -2.35. The lowest BCUT2D eigenvalue weighted by Gasteiger charge is -2.26. The number of hydrogen-bond donors (Lipinski definition) is 1. The van der Waals surface area contributed by atoms with Gasteiger partial charge in [-0.25, -0.2) is 21.2 Å². The number of halogens is 2. The molecule has 28 heavy (non-hydrogen) atoms. The number of aryl methyl sites for hydroxylation is 1. The minimum absolute atomic E-state index is 0.0199. The molecule has 0 aromatic heterocycles. The molecule has 2 aromatic carbocycles. The molecule has 0 spiro atoms. The van der Waals surface area contributed by atoms with Gasteiger partial charge in [0.1, 0.15) is 10.7 Å². The van der Waals surface area contributed by atoms with Gasteiger partial charge in [0.25, 0.3) is 10.0 Å². The zero-order valence-electron chi connectivity index (χ0n) is 15.2. The Bertz CT molecular complexity index is 1100. The Kier molecular flexibility index (Phi) is 6.00. The predicted octanol–water partition coefficient (Wildman–Crippen LogP) is 3.76. The van der Waals surface area contributed by atoms with E-state index >= 15 is 0 Å². The van der Waals surface area contributed by atoms with Crippen molar-refractivity contribution in [2.24, 2.45) is 0 Å². The standard InChI is InChI=1S/C18H20ClFN2O4S2/c1-13-11-14(20)5-8-17(13)27(23,24)21-15-6-7-16(19)18(12-15)28(25,26)22-9-3-2-4-10-22/h5-8,11-12,21H,2-4,9-10H2,1H3. The van der Waals surface area contributed by atoms with E-state index < -0.39 is 25.9 Å². The SMILES string of the molecule is Cc1cc(F)ccc1S(=O)(=O)Nc1ccc(Cl)c(S(=O)(=O)N2CCCCC2)c1. The van der Waals surface area contributed by atoms with Crippen molar-refractivity contribution in [1.29, 1.82) is 0 Å². The molecule has 6 nitrogen and oxygen atoms in total. The van der Waals surface area contributed by atoms with Crippen molar-refractivity contribution in [1.82, 2.24) is 4.31 Å². The van der Waals surface area contributed by atoms with Crippen LogP contribution in [0.5, 0.6) is 0 Å². The highest BCUT2D eigenvalue weighted by atomic mass is 35.5. The average molecular weight is 447 g/mol. The number of benzene rings is 2. The molecule has 0 saturated carbocycles. The van der Waals surface area contributed by atoms with Gasteiger partial charge in [0, 0.05) is 13.1 Å². The Morgan fingerprint density at radius 3 is 2.29 bits per heavy atom. The van der Waals surface area contributed by atoms with Crippen LogP contribution in [0.25, 0.3) is 0 Å². The number of nitrogens with zero attached hydrogens (tertiary/aromatic N) is 1. The molecule has 10 heteroatoms. The highest BCUT2D eigenvalue weighted by Crippen LogP contribution is 2.30. The highest BCUT2D eigenvalue weighted by Gasteiger charge is 2.29. The van der Waals surface area contributed by atoms with E-state index in [0.717, 1.165) is 37.5 Å². The van der Waals surface area contributed by atoms with Crippen molar-refractivity contribution >= 4 is 37.3 Å². The summed E-state index contributed by atoms with van der Waals surface area (Å²) in [7, 11) is -7.86. The summed E-state index contributed by atoms with van der Waals surface area (Å²) >= 11 is 6.11. The molecule has 0 radical (unpaired) electrons.